The second-order valence-electron chi connectivity index (χ2n) is 8.19. The normalized spacial score (nSPS) is 23.8. The van der Waals surface area contributed by atoms with Gasteiger partial charge in [0.1, 0.15) is 6.54 Å². The Balaban J connectivity index is 0.00000158. The van der Waals surface area contributed by atoms with Crippen LogP contribution in [0.5, 0.6) is 0 Å². The van der Waals surface area contributed by atoms with E-state index in [1.54, 1.807) is 0 Å². The Labute approximate surface area is 203 Å². The minimum Gasteiger partial charge on any atom is -0.468 e. The van der Waals surface area contributed by atoms with Gasteiger partial charge in [0.05, 0.1) is 13.0 Å². The summed E-state index contributed by atoms with van der Waals surface area (Å²) in [6.45, 7) is 4.76. The van der Waals surface area contributed by atoms with E-state index < -0.39 is 5.97 Å². The summed E-state index contributed by atoms with van der Waals surface area (Å²) in [6, 6.07) is 7.98. The number of allylic oxidation sites excluding steroid dienone is 7. The SMILES string of the molecule is CC.COC(=O)CN(C=O)c1ccccc1CCCNC1CC2C#CC3C1=CC=C/C3=C/C=C\2. The lowest BCUT2D eigenvalue weighted by atomic mass is 9.83. The van der Waals surface area contributed by atoms with Crippen LogP contribution in [-0.4, -0.2) is 38.6 Å². The molecule has 0 aliphatic heterocycles. The number of hydrogen-bond acceptors (Lipinski definition) is 4. The number of anilines is 1. The van der Waals surface area contributed by atoms with Crippen molar-refractivity contribution in [1.29, 1.82) is 0 Å². The van der Waals surface area contributed by atoms with Crippen LogP contribution in [0.2, 0.25) is 0 Å². The number of rotatable bonds is 9. The van der Waals surface area contributed by atoms with E-state index in [4.69, 9.17) is 4.74 Å². The van der Waals surface area contributed by atoms with Gasteiger partial charge in [-0.25, -0.2) is 0 Å². The number of methoxy groups -OCH3 is 1. The lowest BCUT2D eigenvalue weighted by Crippen LogP contribution is -2.35. The largest absolute Gasteiger partial charge is 0.468 e. The summed E-state index contributed by atoms with van der Waals surface area (Å²) in [5.41, 5.74) is 4.40. The minimum atomic E-state index is -0.442. The number of nitrogens with zero attached hydrogens (tertiary/aromatic N) is 1. The summed E-state index contributed by atoms with van der Waals surface area (Å²) in [7, 11) is 1.32. The molecule has 2 bridgehead atoms. The molecule has 3 aliphatic rings. The van der Waals surface area contributed by atoms with Crippen LogP contribution in [0.25, 0.3) is 0 Å². The van der Waals surface area contributed by atoms with Crippen molar-refractivity contribution in [3.05, 3.63) is 77.4 Å². The number of aryl methyl sites for hydroxylation is 1. The number of nitrogens with one attached hydrogen (secondary N) is 1. The fourth-order valence-corrected chi connectivity index (χ4v) is 4.50. The van der Waals surface area contributed by atoms with Crippen LogP contribution in [0.15, 0.2) is 71.9 Å². The maximum Gasteiger partial charge on any atom is 0.325 e. The van der Waals surface area contributed by atoms with E-state index in [1.807, 2.05) is 38.1 Å². The Morgan fingerprint density at radius 2 is 2.03 bits per heavy atom. The van der Waals surface area contributed by atoms with E-state index in [1.165, 1.54) is 23.2 Å². The lowest BCUT2D eigenvalue weighted by molar-refractivity contribution is -0.139. The molecule has 0 saturated carbocycles. The van der Waals surface area contributed by atoms with Gasteiger partial charge in [-0.1, -0.05) is 80.3 Å². The van der Waals surface area contributed by atoms with Gasteiger partial charge in [0, 0.05) is 17.6 Å². The smallest absolute Gasteiger partial charge is 0.325 e. The molecule has 3 unspecified atom stereocenters. The first-order valence-corrected chi connectivity index (χ1v) is 12.1. The van der Waals surface area contributed by atoms with Crippen molar-refractivity contribution in [2.24, 2.45) is 11.8 Å². The number of amides is 1. The third-order valence-electron chi connectivity index (χ3n) is 6.15. The van der Waals surface area contributed by atoms with E-state index in [0.29, 0.717) is 6.41 Å². The van der Waals surface area contributed by atoms with Crippen molar-refractivity contribution in [1.82, 2.24) is 5.32 Å². The highest BCUT2D eigenvalue weighted by molar-refractivity contribution is 5.86. The van der Waals surface area contributed by atoms with E-state index in [0.717, 1.165) is 37.1 Å². The lowest BCUT2D eigenvalue weighted by Gasteiger charge is -2.27. The molecule has 0 fully saturated rings. The van der Waals surface area contributed by atoms with Crippen molar-refractivity contribution < 1.29 is 14.3 Å². The molecule has 0 heterocycles. The van der Waals surface area contributed by atoms with Crippen molar-refractivity contribution in [2.75, 3.05) is 25.1 Å². The van der Waals surface area contributed by atoms with Gasteiger partial charge in [-0.2, -0.15) is 0 Å². The van der Waals surface area contributed by atoms with Crippen LogP contribution < -0.4 is 10.2 Å². The molecular formula is C29H34N2O3. The van der Waals surface area contributed by atoms with Gasteiger partial charge in [0.2, 0.25) is 6.41 Å². The number of fused-ring (bicyclic) bond motifs is 1. The van der Waals surface area contributed by atoms with Gasteiger partial charge in [0.15, 0.2) is 0 Å². The third-order valence-corrected chi connectivity index (χ3v) is 6.15. The number of esters is 1. The van der Waals surface area contributed by atoms with Crippen LogP contribution in [0.3, 0.4) is 0 Å². The summed E-state index contributed by atoms with van der Waals surface area (Å²) < 4.78 is 4.71. The van der Waals surface area contributed by atoms with Crippen LogP contribution in [0, 0.1) is 23.7 Å². The second kappa shape index (κ2) is 12.8. The highest BCUT2D eigenvalue weighted by atomic mass is 16.5. The van der Waals surface area contributed by atoms with Gasteiger partial charge in [-0.15, -0.1) is 0 Å². The molecule has 0 aromatic heterocycles. The Morgan fingerprint density at radius 1 is 1.21 bits per heavy atom. The summed E-state index contributed by atoms with van der Waals surface area (Å²) >= 11 is 0. The number of ether oxygens (including phenoxy) is 1. The number of benzene rings is 1. The zero-order chi connectivity index (χ0) is 24.3. The van der Waals surface area contributed by atoms with Crippen LogP contribution in [-0.2, 0) is 20.7 Å². The molecule has 4 rings (SSSR count). The standard InChI is InChI=1S/C27H28N2O3.C2H6/c1-32-27(31)18-29(19-30)26-13-3-2-8-22(26)11-6-16-28-25-17-20-7-4-9-21-10-5-12-24(25)23(21)15-14-20;1-2/h2-5,7-10,12-13,19-20,23,25,28H,6,11,16-18H2,1H3;1-2H3/b7-4-,21-9-;. The third kappa shape index (κ3) is 6.15. The molecule has 5 heteroatoms. The van der Waals surface area contributed by atoms with Crippen molar-refractivity contribution in [3.8, 4) is 11.8 Å². The Morgan fingerprint density at radius 3 is 2.82 bits per heavy atom. The van der Waals surface area contributed by atoms with Crippen LogP contribution >= 0.6 is 0 Å². The number of carbonyl (C=O) groups is 2. The average molecular weight is 459 g/mol. The zero-order valence-electron chi connectivity index (χ0n) is 20.3. The Hall–Kier alpha value is -3.36. The first-order chi connectivity index (χ1) is 16.7. The molecular weight excluding hydrogens is 424 g/mol. The predicted octanol–water partition coefficient (Wildman–Crippen LogP) is 4.37. The van der Waals surface area contributed by atoms with Gasteiger partial charge in [0.25, 0.3) is 0 Å². The van der Waals surface area contributed by atoms with Gasteiger partial charge < -0.3 is 15.0 Å². The Bertz CT molecular complexity index is 1050. The average Bonchev–Trinajstić information content (AvgIpc) is 3.03. The predicted molar refractivity (Wildman–Crippen MR) is 137 cm³/mol. The quantitative estimate of drug-likeness (QED) is 0.258. The van der Waals surface area contributed by atoms with Crippen molar-refractivity contribution in [2.45, 2.75) is 39.2 Å². The minimum absolute atomic E-state index is 0.0921. The monoisotopic (exact) mass is 458 g/mol. The first kappa shape index (κ1) is 25.3. The maximum absolute atomic E-state index is 11.7. The van der Waals surface area contributed by atoms with Crippen molar-refractivity contribution in [3.63, 3.8) is 0 Å². The number of hydrogen-bond donors (Lipinski definition) is 1. The molecule has 0 saturated heterocycles. The Kier molecular flexibility index (Phi) is 9.49. The van der Waals surface area contributed by atoms with Crippen LogP contribution in [0.1, 0.15) is 32.3 Å². The van der Waals surface area contributed by atoms with Gasteiger partial charge in [-0.05, 0) is 48.6 Å². The molecule has 0 spiro atoms. The fourth-order valence-electron chi connectivity index (χ4n) is 4.50. The van der Waals surface area contributed by atoms with E-state index in [2.05, 4.69) is 53.6 Å². The first-order valence-electron chi connectivity index (χ1n) is 12.1. The van der Waals surface area contributed by atoms with Crippen molar-refractivity contribution >= 4 is 18.1 Å². The molecule has 1 aromatic carbocycles. The van der Waals surface area contributed by atoms with Gasteiger partial charge in [-0.3, -0.25) is 9.59 Å². The molecule has 3 atom stereocenters. The second-order valence-corrected chi connectivity index (χ2v) is 8.19. The molecule has 5 nitrogen and oxygen atoms in total. The molecule has 1 aromatic rings. The molecule has 34 heavy (non-hydrogen) atoms. The molecule has 1 amide bonds. The maximum atomic E-state index is 11.7. The molecule has 3 aliphatic carbocycles. The van der Waals surface area contributed by atoms with E-state index >= 15 is 0 Å². The zero-order valence-corrected chi connectivity index (χ0v) is 20.3. The highest BCUT2D eigenvalue weighted by Crippen LogP contribution is 2.34. The number of carbonyl (C=O) groups excluding carboxylic acids is 2. The topological polar surface area (TPSA) is 58.6 Å². The van der Waals surface area contributed by atoms with Gasteiger partial charge >= 0.3 is 5.97 Å². The summed E-state index contributed by atoms with van der Waals surface area (Å²) in [5.74, 6) is 6.90. The van der Waals surface area contributed by atoms with Crippen LogP contribution in [0.4, 0.5) is 5.69 Å². The molecule has 178 valence electrons. The number of para-hydroxylation sites is 1. The summed E-state index contributed by atoms with van der Waals surface area (Å²) in [5, 5.41) is 3.75. The fraction of sp³-hybridized carbons (Fsp3) is 0.379. The molecule has 0 radical (unpaired) electrons. The highest BCUT2D eigenvalue weighted by Gasteiger charge is 2.29. The summed E-state index contributed by atoms with van der Waals surface area (Å²) in [6.07, 6.45) is 16.4. The summed E-state index contributed by atoms with van der Waals surface area (Å²) in [4.78, 5) is 24.6. The van der Waals surface area contributed by atoms with E-state index in [9.17, 15) is 9.59 Å². The molecule has 1 N–H and O–H groups in total. The van der Waals surface area contributed by atoms with E-state index in [-0.39, 0.29) is 24.4 Å².